The molecule has 0 aliphatic heterocycles. The van der Waals surface area contributed by atoms with Crippen molar-refractivity contribution in [2.45, 2.75) is 32.6 Å². The van der Waals surface area contributed by atoms with E-state index in [1.54, 1.807) is 24.3 Å². The van der Waals surface area contributed by atoms with E-state index in [0.29, 0.717) is 24.3 Å². The van der Waals surface area contributed by atoms with E-state index >= 15 is 0 Å². The van der Waals surface area contributed by atoms with Crippen LogP contribution in [0.25, 0.3) is 11.0 Å². The maximum Gasteiger partial charge on any atom is 0.337 e. The number of fused-ring (bicyclic) bond motifs is 1. The Kier molecular flexibility index (Phi) is 5.03. The third-order valence-electron chi connectivity index (χ3n) is 4.33. The standard InChI is InChI=1S/C22H24O4/c1-22(2,3)17-7-10-20-16(13-17)14-19(26-20)11-12-25-18-8-5-15(6-9-18)21(23)24-4/h5-10,13-14H,11-12H2,1-4H3. The van der Waals surface area contributed by atoms with Gasteiger partial charge in [0.15, 0.2) is 0 Å². The zero-order valence-corrected chi connectivity index (χ0v) is 15.7. The lowest BCUT2D eigenvalue weighted by Gasteiger charge is -2.18. The molecule has 0 unspecified atom stereocenters. The van der Waals surface area contributed by atoms with Gasteiger partial charge < -0.3 is 13.9 Å². The number of carbonyl (C=O) groups is 1. The summed E-state index contributed by atoms with van der Waals surface area (Å²) in [6, 6.07) is 15.3. The van der Waals surface area contributed by atoms with Gasteiger partial charge in [0.25, 0.3) is 0 Å². The van der Waals surface area contributed by atoms with Gasteiger partial charge in [-0.05, 0) is 53.4 Å². The van der Waals surface area contributed by atoms with Gasteiger partial charge in [-0.2, -0.15) is 0 Å². The SMILES string of the molecule is COC(=O)c1ccc(OCCc2cc3cc(C(C)(C)C)ccc3o2)cc1. The molecule has 0 bridgehead atoms. The predicted octanol–water partition coefficient (Wildman–Crippen LogP) is 5.14. The third kappa shape index (κ3) is 4.07. The van der Waals surface area contributed by atoms with Gasteiger partial charge in [0.2, 0.25) is 0 Å². The fourth-order valence-electron chi connectivity index (χ4n) is 2.76. The van der Waals surface area contributed by atoms with E-state index in [2.05, 4.69) is 43.7 Å². The van der Waals surface area contributed by atoms with E-state index < -0.39 is 0 Å². The summed E-state index contributed by atoms with van der Waals surface area (Å²) in [7, 11) is 1.37. The summed E-state index contributed by atoms with van der Waals surface area (Å²) in [5, 5.41) is 1.12. The minimum absolute atomic E-state index is 0.116. The van der Waals surface area contributed by atoms with E-state index in [1.165, 1.54) is 12.7 Å². The van der Waals surface area contributed by atoms with Gasteiger partial charge in [0, 0.05) is 11.8 Å². The fourth-order valence-corrected chi connectivity index (χ4v) is 2.76. The van der Waals surface area contributed by atoms with Gasteiger partial charge in [0.05, 0.1) is 19.3 Å². The van der Waals surface area contributed by atoms with Gasteiger partial charge in [0.1, 0.15) is 17.1 Å². The molecule has 0 aliphatic rings. The second-order valence-corrected chi connectivity index (χ2v) is 7.33. The lowest BCUT2D eigenvalue weighted by molar-refractivity contribution is 0.0600. The van der Waals surface area contributed by atoms with Gasteiger partial charge in [-0.15, -0.1) is 0 Å². The van der Waals surface area contributed by atoms with Crippen molar-refractivity contribution >= 4 is 16.9 Å². The molecule has 0 saturated heterocycles. The van der Waals surface area contributed by atoms with E-state index in [9.17, 15) is 4.79 Å². The minimum atomic E-state index is -0.353. The second kappa shape index (κ2) is 7.24. The zero-order valence-electron chi connectivity index (χ0n) is 15.7. The Morgan fingerprint density at radius 1 is 1.04 bits per heavy atom. The summed E-state index contributed by atoms with van der Waals surface area (Å²) < 4.78 is 16.3. The van der Waals surface area contributed by atoms with Gasteiger partial charge >= 0.3 is 5.97 Å². The van der Waals surface area contributed by atoms with Crippen LogP contribution >= 0.6 is 0 Å². The molecule has 4 nitrogen and oxygen atoms in total. The summed E-state index contributed by atoms with van der Waals surface area (Å²) in [5.74, 6) is 1.26. The lowest BCUT2D eigenvalue weighted by atomic mass is 9.86. The molecule has 1 aromatic heterocycles. The minimum Gasteiger partial charge on any atom is -0.493 e. The van der Waals surface area contributed by atoms with Crippen LogP contribution in [0.3, 0.4) is 0 Å². The molecule has 3 rings (SSSR count). The highest BCUT2D eigenvalue weighted by Gasteiger charge is 2.15. The average molecular weight is 352 g/mol. The maximum atomic E-state index is 11.4. The zero-order chi connectivity index (χ0) is 18.7. The highest BCUT2D eigenvalue weighted by Crippen LogP contribution is 2.28. The van der Waals surface area contributed by atoms with Crippen LogP contribution in [0.15, 0.2) is 52.9 Å². The highest BCUT2D eigenvalue weighted by molar-refractivity contribution is 5.89. The first-order chi connectivity index (χ1) is 12.4. The number of rotatable bonds is 5. The third-order valence-corrected chi connectivity index (χ3v) is 4.33. The number of hydrogen-bond donors (Lipinski definition) is 0. The largest absolute Gasteiger partial charge is 0.493 e. The Bertz CT molecular complexity index is 898. The molecular formula is C22H24O4. The number of ether oxygens (including phenoxy) is 2. The Balaban J connectivity index is 1.62. The van der Waals surface area contributed by atoms with E-state index in [4.69, 9.17) is 9.15 Å². The van der Waals surface area contributed by atoms with Crippen LogP contribution < -0.4 is 4.74 Å². The van der Waals surface area contributed by atoms with Crippen molar-refractivity contribution in [2.24, 2.45) is 0 Å². The smallest absolute Gasteiger partial charge is 0.337 e. The summed E-state index contributed by atoms with van der Waals surface area (Å²) in [5.41, 5.74) is 2.81. The van der Waals surface area contributed by atoms with Crippen molar-refractivity contribution in [3.8, 4) is 5.75 Å². The first-order valence-corrected chi connectivity index (χ1v) is 8.71. The molecular weight excluding hydrogens is 328 g/mol. The first-order valence-electron chi connectivity index (χ1n) is 8.71. The Morgan fingerprint density at radius 3 is 2.42 bits per heavy atom. The first kappa shape index (κ1) is 18.1. The predicted molar refractivity (Wildman–Crippen MR) is 102 cm³/mol. The molecule has 0 fully saturated rings. The van der Waals surface area contributed by atoms with E-state index in [0.717, 1.165) is 16.7 Å². The molecule has 1 heterocycles. The molecule has 0 saturated carbocycles. The summed E-state index contributed by atoms with van der Waals surface area (Å²) in [4.78, 5) is 11.4. The number of esters is 1. The van der Waals surface area contributed by atoms with E-state index in [1.807, 2.05) is 6.07 Å². The quantitative estimate of drug-likeness (QED) is 0.597. The van der Waals surface area contributed by atoms with Crippen LogP contribution in [-0.4, -0.2) is 19.7 Å². The monoisotopic (exact) mass is 352 g/mol. The topological polar surface area (TPSA) is 48.7 Å². The van der Waals surface area contributed by atoms with Gasteiger partial charge in [-0.3, -0.25) is 0 Å². The van der Waals surface area contributed by atoms with Gasteiger partial charge in [-0.1, -0.05) is 26.8 Å². The number of methoxy groups -OCH3 is 1. The van der Waals surface area contributed by atoms with Crippen molar-refractivity contribution in [3.63, 3.8) is 0 Å². The van der Waals surface area contributed by atoms with Crippen molar-refractivity contribution in [1.29, 1.82) is 0 Å². The number of carbonyl (C=O) groups excluding carboxylic acids is 1. The molecule has 0 spiro atoms. The normalized spacial score (nSPS) is 11.5. The molecule has 0 radical (unpaired) electrons. The molecule has 2 aromatic carbocycles. The van der Waals surface area contributed by atoms with Gasteiger partial charge in [-0.25, -0.2) is 4.79 Å². The fraction of sp³-hybridized carbons (Fsp3) is 0.318. The molecule has 3 aromatic rings. The number of benzene rings is 2. The molecule has 0 aliphatic carbocycles. The van der Waals surface area contributed by atoms with Crippen LogP contribution in [-0.2, 0) is 16.6 Å². The summed E-state index contributed by atoms with van der Waals surface area (Å²) in [6.45, 7) is 7.11. The summed E-state index contributed by atoms with van der Waals surface area (Å²) >= 11 is 0. The van der Waals surface area contributed by atoms with Crippen LogP contribution in [0.2, 0.25) is 0 Å². The van der Waals surface area contributed by atoms with E-state index in [-0.39, 0.29) is 11.4 Å². The van der Waals surface area contributed by atoms with Crippen molar-refractivity contribution < 1.29 is 18.7 Å². The molecule has 4 heteroatoms. The Morgan fingerprint density at radius 2 is 1.77 bits per heavy atom. The van der Waals surface area contributed by atoms with Crippen LogP contribution in [0.5, 0.6) is 5.75 Å². The van der Waals surface area contributed by atoms with Crippen LogP contribution in [0.4, 0.5) is 0 Å². The molecule has 0 amide bonds. The highest BCUT2D eigenvalue weighted by atomic mass is 16.5. The molecule has 0 N–H and O–H groups in total. The molecule has 136 valence electrons. The van der Waals surface area contributed by atoms with Crippen LogP contribution in [0, 0.1) is 0 Å². The average Bonchev–Trinajstić information content (AvgIpc) is 3.02. The second-order valence-electron chi connectivity index (χ2n) is 7.33. The van der Waals surface area contributed by atoms with Crippen molar-refractivity contribution in [3.05, 3.63) is 65.4 Å². The Labute approximate surface area is 153 Å². The maximum absolute atomic E-state index is 11.4. The van der Waals surface area contributed by atoms with Crippen molar-refractivity contribution in [1.82, 2.24) is 0 Å². The van der Waals surface area contributed by atoms with Crippen LogP contribution in [0.1, 0.15) is 42.5 Å². The number of furan rings is 1. The Hall–Kier alpha value is -2.75. The van der Waals surface area contributed by atoms with Crippen molar-refractivity contribution in [2.75, 3.05) is 13.7 Å². The molecule has 0 atom stereocenters. The summed E-state index contributed by atoms with van der Waals surface area (Å²) in [6.07, 6.45) is 0.679. The lowest BCUT2D eigenvalue weighted by Crippen LogP contribution is -2.10. The molecule has 26 heavy (non-hydrogen) atoms. The number of hydrogen-bond acceptors (Lipinski definition) is 4.